The van der Waals surface area contributed by atoms with E-state index in [1.807, 2.05) is 0 Å². The Morgan fingerprint density at radius 1 is 1.29 bits per heavy atom. The van der Waals surface area contributed by atoms with Gasteiger partial charge in [0, 0.05) is 5.56 Å². The van der Waals surface area contributed by atoms with Gasteiger partial charge in [0.05, 0.1) is 12.8 Å². The minimum absolute atomic E-state index is 0.00837. The first-order chi connectivity index (χ1) is 11.2. The van der Waals surface area contributed by atoms with Crippen LogP contribution in [0.2, 0.25) is 0 Å². The van der Waals surface area contributed by atoms with E-state index in [-0.39, 0.29) is 21.4 Å². The molecule has 0 saturated carbocycles. The molecular weight excluding hydrogens is 351 g/mol. The van der Waals surface area contributed by atoms with E-state index in [4.69, 9.17) is 22.1 Å². The lowest BCUT2D eigenvalue weighted by Crippen LogP contribution is -2.32. The van der Waals surface area contributed by atoms with Crippen LogP contribution in [0, 0.1) is 4.64 Å². The van der Waals surface area contributed by atoms with Crippen molar-refractivity contribution < 1.29 is 33.2 Å². The van der Waals surface area contributed by atoms with Crippen molar-refractivity contribution in [3.05, 3.63) is 28.2 Å². The molecule has 7 nitrogen and oxygen atoms in total. The molecule has 0 amide bonds. The maximum Gasteiger partial charge on any atom is 0.434 e. The van der Waals surface area contributed by atoms with Gasteiger partial charge in [-0.2, -0.15) is 13.2 Å². The van der Waals surface area contributed by atoms with E-state index in [0.717, 1.165) is 0 Å². The van der Waals surface area contributed by atoms with Gasteiger partial charge in [-0.05, 0) is 6.07 Å². The summed E-state index contributed by atoms with van der Waals surface area (Å²) in [5.74, 6) is 0. The molecule has 2 aromatic rings. The van der Waals surface area contributed by atoms with Gasteiger partial charge < -0.3 is 25.0 Å². The molecule has 1 aliphatic heterocycles. The van der Waals surface area contributed by atoms with Crippen LogP contribution in [0.3, 0.4) is 0 Å². The molecule has 0 bridgehead atoms. The summed E-state index contributed by atoms with van der Waals surface area (Å²) in [6.07, 6.45) is -8.76. The number of hydrogen-bond donors (Lipinski definition) is 4. The van der Waals surface area contributed by atoms with Crippen molar-refractivity contribution in [2.24, 2.45) is 0 Å². The SMILES string of the molecule is OCC1OC(c2cc3ncc(C(F)(F)F)nc3[nH]c2=S)C(O)C1O. The number of hydrogen-bond acceptors (Lipinski definition) is 7. The number of aromatic nitrogens is 3. The van der Waals surface area contributed by atoms with Crippen LogP contribution >= 0.6 is 12.2 Å². The molecule has 130 valence electrons. The average Bonchev–Trinajstić information content (AvgIpc) is 2.80. The molecule has 0 aromatic carbocycles. The number of rotatable bonds is 2. The van der Waals surface area contributed by atoms with Crippen LogP contribution in [-0.4, -0.2) is 55.2 Å². The van der Waals surface area contributed by atoms with Crippen LogP contribution < -0.4 is 0 Å². The van der Waals surface area contributed by atoms with E-state index in [1.165, 1.54) is 6.07 Å². The van der Waals surface area contributed by atoms with Gasteiger partial charge >= 0.3 is 6.18 Å². The Morgan fingerprint density at radius 2 is 2.00 bits per heavy atom. The number of fused-ring (bicyclic) bond motifs is 1. The van der Waals surface area contributed by atoms with Crippen LogP contribution in [0.15, 0.2) is 12.3 Å². The monoisotopic (exact) mass is 363 g/mol. The number of H-pyrrole nitrogens is 1. The van der Waals surface area contributed by atoms with E-state index in [1.54, 1.807) is 0 Å². The highest BCUT2D eigenvalue weighted by molar-refractivity contribution is 7.71. The highest BCUT2D eigenvalue weighted by Crippen LogP contribution is 2.35. The standard InChI is InChI=1S/C13H12F3N3O4S/c14-13(15,16)7-2-17-5-1-4(12(24)19-11(5)18-7)10-9(22)8(21)6(3-20)23-10/h1-2,6,8-10,20-22H,3H2,(H,18,19,24). The van der Waals surface area contributed by atoms with Crippen LogP contribution in [0.25, 0.3) is 11.2 Å². The van der Waals surface area contributed by atoms with Gasteiger partial charge in [-0.25, -0.2) is 4.98 Å². The number of alkyl halides is 3. The molecule has 4 unspecified atom stereocenters. The molecule has 3 rings (SSSR count). The predicted molar refractivity (Wildman–Crippen MR) is 76.4 cm³/mol. The van der Waals surface area contributed by atoms with Crippen LogP contribution in [0.4, 0.5) is 13.2 Å². The average molecular weight is 363 g/mol. The maximum atomic E-state index is 12.7. The Bertz CT molecular complexity index is 828. The van der Waals surface area contributed by atoms with Crippen LogP contribution in [0.5, 0.6) is 0 Å². The second-order valence-corrected chi connectivity index (χ2v) is 5.71. The van der Waals surface area contributed by atoms with E-state index in [2.05, 4.69) is 15.0 Å². The van der Waals surface area contributed by atoms with Gasteiger partial charge in [-0.1, -0.05) is 12.2 Å². The van der Waals surface area contributed by atoms with Gasteiger partial charge in [0.15, 0.2) is 11.3 Å². The number of halogens is 3. The lowest BCUT2D eigenvalue weighted by Gasteiger charge is -2.15. The second kappa shape index (κ2) is 6.01. The molecule has 4 N–H and O–H groups in total. The first-order valence-electron chi connectivity index (χ1n) is 6.82. The third-order valence-electron chi connectivity index (χ3n) is 3.73. The normalized spacial score (nSPS) is 27.8. The van der Waals surface area contributed by atoms with Gasteiger partial charge in [0.2, 0.25) is 0 Å². The molecular formula is C13H12F3N3O4S. The molecule has 4 atom stereocenters. The topological polar surface area (TPSA) is 111 Å². The number of nitrogens with zero attached hydrogens (tertiary/aromatic N) is 2. The first-order valence-corrected chi connectivity index (χ1v) is 7.23. The number of aromatic amines is 1. The van der Waals surface area contributed by atoms with Gasteiger partial charge in [0.25, 0.3) is 0 Å². The summed E-state index contributed by atoms with van der Waals surface area (Å²) in [6.45, 7) is -0.506. The number of nitrogens with one attached hydrogen (secondary N) is 1. The molecule has 1 fully saturated rings. The van der Waals surface area contributed by atoms with Crippen LogP contribution in [0.1, 0.15) is 17.4 Å². The largest absolute Gasteiger partial charge is 0.434 e. The summed E-state index contributed by atoms with van der Waals surface area (Å²) >= 11 is 5.08. The molecule has 0 radical (unpaired) electrons. The number of aliphatic hydroxyl groups excluding tert-OH is 3. The Labute approximate surface area is 137 Å². The third-order valence-corrected chi connectivity index (χ3v) is 4.06. The first kappa shape index (κ1) is 17.2. The summed E-state index contributed by atoms with van der Waals surface area (Å²) in [5, 5.41) is 28.9. The van der Waals surface area contributed by atoms with Crippen molar-refractivity contribution in [3.63, 3.8) is 0 Å². The lowest BCUT2D eigenvalue weighted by atomic mass is 10.0. The summed E-state index contributed by atoms with van der Waals surface area (Å²) in [5.41, 5.74) is -1.01. The maximum absolute atomic E-state index is 12.7. The summed E-state index contributed by atoms with van der Waals surface area (Å²) in [7, 11) is 0. The Hall–Kier alpha value is -1.66. The highest BCUT2D eigenvalue weighted by atomic mass is 32.1. The number of pyridine rings is 1. The van der Waals surface area contributed by atoms with Crippen molar-refractivity contribution in [3.8, 4) is 0 Å². The van der Waals surface area contributed by atoms with E-state index >= 15 is 0 Å². The van der Waals surface area contributed by atoms with Crippen LogP contribution in [-0.2, 0) is 10.9 Å². The van der Waals surface area contributed by atoms with Gasteiger partial charge in [0.1, 0.15) is 34.6 Å². The molecule has 11 heteroatoms. The van der Waals surface area contributed by atoms with Crippen molar-refractivity contribution in [1.29, 1.82) is 0 Å². The lowest BCUT2D eigenvalue weighted by molar-refractivity contribution is -0.141. The zero-order valence-corrected chi connectivity index (χ0v) is 12.7. The Morgan fingerprint density at radius 3 is 2.58 bits per heavy atom. The molecule has 0 spiro atoms. The molecule has 1 saturated heterocycles. The minimum atomic E-state index is -4.64. The number of aliphatic hydroxyl groups is 3. The van der Waals surface area contributed by atoms with Crippen molar-refractivity contribution >= 4 is 23.4 Å². The fraction of sp³-hybridized carbons (Fsp3) is 0.462. The van der Waals surface area contributed by atoms with Crippen molar-refractivity contribution in [1.82, 2.24) is 15.0 Å². The molecule has 24 heavy (non-hydrogen) atoms. The zero-order valence-electron chi connectivity index (χ0n) is 11.9. The fourth-order valence-corrected chi connectivity index (χ4v) is 2.76. The van der Waals surface area contributed by atoms with Crippen molar-refractivity contribution in [2.75, 3.05) is 6.61 Å². The third kappa shape index (κ3) is 2.89. The van der Waals surface area contributed by atoms with Gasteiger partial charge in [-0.3, -0.25) is 4.98 Å². The Kier molecular flexibility index (Phi) is 4.30. The number of ether oxygens (including phenoxy) is 1. The zero-order chi connectivity index (χ0) is 17.6. The van der Waals surface area contributed by atoms with E-state index in [0.29, 0.717) is 6.20 Å². The van der Waals surface area contributed by atoms with Gasteiger partial charge in [-0.15, -0.1) is 0 Å². The fourth-order valence-electron chi connectivity index (χ4n) is 2.49. The summed E-state index contributed by atoms with van der Waals surface area (Å²) in [4.78, 5) is 9.65. The van der Waals surface area contributed by atoms with Crippen molar-refractivity contribution in [2.45, 2.75) is 30.6 Å². The molecule has 1 aliphatic rings. The molecule has 0 aliphatic carbocycles. The molecule has 2 aromatic heterocycles. The molecule has 3 heterocycles. The Balaban J connectivity index is 2.05. The summed E-state index contributed by atoms with van der Waals surface area (Å²) in [6, 6.07) is 1.34. The predicted octanol–water partition coefficient (Wildman–Crippen LogP) is 0.860. The smallest absolute Gasteiger partial charge is 0.394 e. The van der Waals surface area contributed by atoms with E-state index < -0.39 is 42.9 Å². The highest BCUT2D eigenvalue weighted by Gasteiger charge is 2.43. The summed E-state index contributed by atoms with van der Waals surface area (Å²) < 4.78 is 43.4. The van der Waals surface area contributed by atoms with E-state index in [9.17, 15) is 23.4 Å². The second-order valence-electron chi connectivity index (χ2n) is 5.30. The minimum Gasteiger partial charge on any atom is -0.394 e. The quantitative estimate of drug-likeness (QED) is 0.586.